The monoisotopic (exact) mass is 243 g/mol. The SMILES string of the molecule is COc1cc(C(N)Cc2ccccc2C)ncn1. The Balaban J connectivity index is 2.16. The first kappa shape index (κ1) is 12.5. The zero-order valence-electron chi connectivity index (χ0n) is 10.6. The van der Waals surface area contributed by atoms with Gasteiger partial charge in [-0.3, -0.25) is 0 Å². The van der Waals surface area contributed by atoms with Crippen molar-refractivity contribution in [3.63, 3.8) is 0 Å². The van der Waals surface area contributed by atoms with Crippen molar-refractivity contribution in [2.75, 3.05) is 7.11 Å². The van der Waals surface area contributed by atoms with Crippen molar-refractivity contribution >= 4 is 0 Å². The number of aryl methyl sites for hydroxylation is 1. The van der Waals surface area contributed by atoms with E-state index in [1.165, 1.54) is 17.5 Å². The molecule has 94 valence electrons. The van der Waals surface area contributed by atoms with E-state index >= 15 is 0 Å². The van der Waals surface area contributed by atoms with Crippen LogP contribution in [-0.2, 0) is 6.42 Å². The van der Waals surface area contributed by atoms with Crippen LogP contribution in [0.4, 0.5) is 0 Å². The maximum absolute atomic E-state index is 6.17. The highest BCUT2D eigenvalue weighted by molar-refractivity contribution is 5.28. The van der Waals surface area contributed by atoms with Crippen LogP contribution in [0.2, 0.25) is 0 Å². The van der Waals surface area contributed by atoms with Gasteiger partial charge in [-0.15, -0.1) is 0 Å². The number of hydrogen-bond acceptors (Lipinski definition) is 4. The summed E-state index contributed by atoms with van der Waals surface area (Å²) in [5.41, 5.74) is 9.45. The van der Waals surface area contributed by atoms with Gasteiger partial charge in [-0.1, -0.05) is 24.3 Å². The van der Waals surface area contributed by atoms with E-state index in [4.69, 9.17) is 10.5 Å². The molecule has 2 N–H and O–H groups in total. The Hall–Kier alpha value is -1.94. The van der Waals surface area contributed by atoms with Crippen LogP contribution in [-0.4, -0.2) is 17.1 Å². The molecule has 0 saturated heterocycles. The zero-order chi connectivity index (χ0) is 13.0. The lowest BCUT2D eigenvalue weighted by Gasteiger charge is -2.13. The average molecular weight is 243 g/mol. The molecule has 0 radical (unpaired) electrons. The first-order valence-electron chi connectivity index (χ1n) is 5.86. The van der Waals surface area contributed by atoms with Gasteiger partial charge in [0.25, 0.3) is 0 Å². The number of benzene rings is 1. The van der Waals surface area contributed by atoms with Gasteiger partial charge in [0.15, 0.2) is 0 Å². The molecular formula is C14H17N3O. The van der Waals surface area contributed by atoms with Crippen LogP contribution < -0.4 is 10.5 Å². The summed E-state index contributed by atoms with van der Waals surface area (Å²) in [6, 6.07) is 9.86. The van der Waals surface area contributed by atoms with Gasteiger partial charge in [0, 0.05) is 6.07 Å². The fourth-order valence-electron chi connectivity index (χ4n) is 1.85. The molecular weight excluding hydrogens is 226 g/mol. The molecule has 2 rings (SSSR count). The van der Waals surface area contributed by atoms with E-state index in [9.17, 15) is 0 Å². The highest BCUT2D eigenvalue weighted by Crippen LogP contribution is 2.18. The van der Waals surface area contributed by atoms with Crippen molar-refractivity contribution in [1.29, 1.82) is 0 Å². The molecule has 4 nitrogen and oxygen atoms in total. The van der Waals surface area contributed by atoms with Crippen LogP contribution in [0.15, 0.2) is 36.7 Å². The third-order valence-electron chi connectivity index (χ3n) is 2.95. The second kappa shape index (κ2) is 5.60. The average Bonchev–Trinajstić information content (AvgIpc) is 2.41. The molecule has 1 aromatic heterocycles. The van der Waals surface area contributed by atoms with Crippen molar-refractivity contribution in [3.05, 3.63) is 53.5 Å². The molecule has 0 fully saturated rings. The lowest BCUT2D eigenvalue weighted by molar-refractivity contribution is 0.395. The minimum absolute atomic E-state index is 0.150. The Bertz CT molecular complexity index is 528. The minimum Gasteiger partial charge on any atom is -0.481 e. The van der Waals surface area contributed by atoms with Crippen LogP contribution in [0, 0.1) is 6.92 Å². The quantitative estimate of drug-likeness (QED) is 0.892. The summed E-state index contributed by atoms with van der Waals surface area (Å²) in [7, 11) is 1.58. The summed E-state index contributed by atoms with van der Waals surface area (Å²) < 4.78 is 5.07. The van der Waals surface area contributed by atoms with E-state index in [1.54, 1.807) is 13.2 Å². The molecule has 0 aliphatic carbocycles. The van der Waals surface area contributed by atoms with Gasteiger partial charge in [0.1, 0.15) is 6.33 Å². The summed E-state index contributed by atoms with van der Waals surface area (Å²) >= 11 is 0. The minimum atomic E-state index is -0.150. The molecule has 0 amide bonds. The van der Waals surface area contributed by atoms with E-state index in [0.717, 1.165) is 12.1 Å². The molecule has 18 heavy (non-hydrogen) atoms. The van der Waals surface area contributed by atoms with E-state index in [-0.39, 0.29) is 6.04 Å². The van der Waals surface area contributed by atoms with E-state index < -0.39 is 0 Å². The van der Waals surface area contributed by atoms with Crippen LogP contribution >= 0.6 is 0 Å². The Labute approximate surface area is 107 Å². The predicted molar refractivity (Wildman–Crippen MR) is 70.4 cm³/mol. The van der Waals surface area contributed by atoms with E-state index in [2.05, 4.69) is 29.0 Å². The largest absolute Gasteiger partial charge is 0.481 e. The fraction of sp³-hybridized carbons (Fsp3) is 0.286. The first-order valence-corrected chi connectivity index (χ1v) is 5.86. The van der Waals surface area contributed by atoms with Gasteiger partial charge in [0.05, 0.1) is 18.8 Å². The Morgan fingerprint density at radius 2 is 2.06 bits per heavy atom. The highest BCUT2D eigenvalue weighted by atomic mass is 16.5. The molecule has 0 aliphatic heterocycles. The molecule has 1 atom stereocenters. The lowest BCUT2D eigenvalue weighted by Crippen LogP contribution is -2.15. The van der Waals surface area contributed by atoms with Gasteiger partial charge >= 0.3 is 0 Å². The van der Waals surface area contributed by atoms with Gasteiger partial charge in [0.2, 0.25) is 5.88 Å². The van der Waals surface area contributed by atoms with Crippen molar-refractivity contribution in [3.8, 4) is 5.88 Å². The Morgan fingerprint density at radius 1 is 1.28 bits per heavy atom. The molecule has 0 saturated carbocycles. The maximum atomic E-state index is 6.17. The number of rotatable bonds is 4. The normalized spacial score (nSPS) is 12.2. The summed E-state index contributed by atoms with van der Waals surface area (Å²) in [4.78, 5) is 8.17. The molecule has 1 heterocycles. The van der Waals surface area contributed by atoms with Gasteiger partial charge in [-0.25, -0.2) is 9.97 Å². The maximum Gasteiger partial charge on any atom is 0.216 e. The number of aromatic nitrogens is 2. The summed E-state index contributed by atoms with van der Waals surface area (Å²) in [6.07, 6.45) is 2.23. The number of nitrogens with two attached hydrogens (primary N) is 1. The van der Waals surface area contributed by atoms with Crippen LogP contribution in [0.25, 0.3) is 0 Å². The smallest absolute Gasteiger partial charge is 0.216 e. The standard InChI is InChI=1S/C14H17N3O/c1-10-5-3-4-6-11(10)7-12(15)13-8-14(18-2)17-9-16-13/h3-6,8-9,12H,7,15H2,1-2H3. The third kappa shape index (κ3) is 2.84. The van der Waals surface area contributed by atoms with Crippen LogP contribution in [0.3, 0.4) is 0 Å². The van der Waals surface area contributed by atoms with Crippen molar-refractivity contribution in [2.24, 2.45) is 5.73 Å². The number of ether oxygens (including phenoxy) is 1. The number of methoxy groups -OCH3 is 1. The molecule has 0 spiro atoms. The van der Waals surface area contributed by atoms with E-state index in [0.29, 0.717) is 5.88 Å². The second-order valence-corrected chi connectivity index (χ2v) is 4.22. The zero-order valence-corrected chi connectivity index (χ0v) is 10.6. The lowest BCUT2D eigenvalue weighted by atomic mass is 10.00. The molecule has 0 aliphatic rings. The number of nitrogens with zero attached hydrogens (tertiary/aromatic N) is 2. The summed E-state index contributed by atoms with van der Waals surface area (Å²) in [5, 5.41) is 0. The molecule has 0 bridgehead atoms. The Morgan fingerprint density at radius 3 is 2.78 bits per heavy atom. The Kier molecular flexibility index (Phi) is 3.89. The topological polar surface area (TPSA) is 61.0 Å². The van der Waals surface area contributed by atoms with Crippen LogP contribution in [0.1, 0.15) is 22.9 Å². The van der Waals surface area contributed by atoms with Crippen molar-refractivity contribution < 1.29 is 4.74 Å². The first-order chi connectivity index (χ1) is 8.70. The summed E-state index contributed by atoms with van der Waals surface area (Å²) in [5.74, 6) is 0.542. The fourth-order valence-corrected chi connectivity index (χ4v) is 1.85. The molecule has 1 unspecified atom stereocenters. The van der Waals surface area contributed by atoms with Crippen LogP contribution in [0.5, 0.6) is 5.88 Å². The molecule has 4 heteroatoms. The second-order valence-electron chi connectivity index (χ2n) is 4.22. The molecule has 1 aromatic carbocycles. The predicted octanol–water partition coefficient (Wildman–Crippen LogP) is 2.04. The van der Waals surface area contributed by atoms with Crippen molar-refractivity contribution in [1.82, 2.24) is 9.97 Å². The number of hydrogen-bond donors (Lipinski definition) is 1. The highest BCUT2D eigenvalue weighted by Gasteiger charge is 2.11. The third-order valence-corrected chi connectivity index (χ3v) is 2.95. The molecule has 2 aromatic rings. The van der Waals surface area contributed by atoms with Gasteiger partial charge in [-0.05, 0) is 24.5 Å². The van der Waals surface area contributed by atoms with Gasteiger partial charge in [-0.2, -0.15) is 0 Å². The van der Waals surface area contributed by atoms with E-state index in [1.807, 2.05) is 12.1 Å². The summed E-state index contributed by atoms with van der Waals surface area (Å²) in [6.45, 7) is 2.09. The van der Waals surface area contributed by atoms with Crippen molar-refractivity contribution in [2.45, 2.75) is 19.4 Å². The van der Waals surface area contributed by atoms with Gasteiger partial charge < -0.3 is 10.5 Å².